The van der Waals surface area contributed by atoms with Gasteiger partial charge in [-0.1, -0.05) is 29.5 Å². The van der Waals surface area contributed by atoms with Crippen molar-refractivity contribution < 1.29 is 9.53 Å². The van der Waals surface area contributed by atoms with Gasteiger partial charge in [-0.25, -0.2) is 0 Å². The predicted molar refractivity (Wildman–Crippen MR) is 88.6 cm³/mol. The first-order valence-corrected chi connectivity index (χ1v) is 8.49. The smallest absolute Gasteiger partial charge is 0.272 e. The molecule has 1 aliphatic heterocycles. The van der Waals surface area contributed by atoms with Gasteiger partial charge in [-0.05, 0) is 44.0 Å². The van der Waals surface area contributed by atoms with Crippen LogP contribution in [0.5, 0.6) is 0 Å². The van der Waals surface area contributed by atoms with Crippen molar-refractivity contribution in [1.29, 1.82) is 0 Å². The summed E-state index contributed by atoms with van der Waals surface area (Å²) < 4.78 is 5.28. The number of ether oxygens (including phenoxy) is 1. The molecule has 120 valence electrons. The Bertz CT molecular complexity index is 653. The number of benzene rings is 1. The number of amides is 1. The van der Waals surface area contributed by atoms with Crippen LogP contribution < -0.4 is 5.32 Å². The molecule has 6 heteroatoms. The monoisotopic (exact) mass is 329 g/mol. The fourth-order valence-electron chi connectivity index (χ4n) is 2.32. The minimum Gasteiger partial charge on any atom is -0.381 e. The zero-order valence-corrected chi connectivity index (χ0v) is 13.8. The van der Waals surface area contributed by atoms with Crippen LogP contribution in [-0.2, 0) is 4.74 Å². The van der Waals surface area contributed by atoms with E-state index in [0.29, 0.717) is 18.9 Å². The van der Waals surface area contributed by atoms with Gasteiger partial charge < -0.3 is 10.1 Å². The fourth-order valence-corrected chi connectivity index (χ4v) is 3.06. The summed E-state index contributed by atoms with van der Waals surface area (Å²) in [5.74, 6) is -0.170. The second kappa shape index (κ2) is 7.57. The molecule has 1 N–H and O–H groups in total. The summed E-state index contributed by atoms with van der Waals surface area (Å²) in [5, 5.41) is 11.9. The lowest BCUT2D eigenvalue weighted by molar-refractivity contribution is 0.0693. The van der Waals surface area contributed by atoms with E-state index in [-0.39, 0.29) is 11.9 Å². The molecular formula is C17H19N3O2S. The van der Waals surface area contributed by atoms with Gasteiger partial charge in [0.15, 0.2) is 5.69 Å². The van der Waals surface area contributed by atoms with Crippen LogP contribution in [-0.4, -0.2) is 35.4 Å². The molecule has 0 aliphatic carbocycles. The Kier molecular flexibility index (Phi) is 5.25. The summed E-state index contributed by atoms with van der Waals surface area (Å²) in [6.07, 6.45) is 1.70. The summed E-state index contributed by atoms with van der Waals surface area (Å²) in [6, 6.07) is 11.9. The second-order valence-corrected chi connectivity index (χ2v) is 6.63. The number of nitrogens with one attached hydrogen (secondary N) is 1. The first-order valence-electron chi connectivity index (χ1n) is 7.67. The van der Waals surface area contributed by atoms with Crippen LogP contribution >= 0.6 is 11.8 Å². The van der Waals surface area contributed by atoms with Gasteiger partial charge in [0.05, 0.1) is 0 Å². The van der Waals surface area contributed by atoms with Crippen LogP contribution in [0.3, 0.4) is 0 Å². The van der Waals surface area contributed by atoms with Crippen molar-refractivity contribution in [2.45, 2.75) is 35.7 Å². The van der Waals surface area contributed by atoms with E-state index in [0.717, 1.165) is 22.8 Å². The normalized spacial score (nSPS) is 15.3. The maximum Gasteiger partial charge on any atom is 0.272 e. The minimum atomic E-state index is -0.170. The van der Waals surface area contributed by atoms with Crippen molar-refractivity contribution in [3.05, 3.63) is 47.7 Å². The molecule has 0 atom stereocenters. The van der Waals surface area contributed by atoms with Crippen molar-refractivity contribution in [3.63, 3.8) is 0 Å². The minimum absolute atomic E-state index is 0.166. The third kappa shape index (κ3) is 4.53. The average molecular weight is 329 g/mol. The van der Waals surface area contributed by atoms with Gasteiger partial charge in [-0.2, -0.15) is 0 Å². The van der Waals surface area contributed by atoms with Gasteiger partial charge in [0.25, 0.3) is 5.91 Å². The van der Waals surface area contributed by atoms with E-state index in [1.165, 1.54) is 17.3 Å². The number of hydrogen-bond acceptors (Lipinski definition) is 5. The summed E-state index contributed by atoms with van der Waals surface area (Å²) in [4.78, 5) is 13.3. The van der Waals surface area contributed by atoms with Crippen LogP contribution in [0.2, 0.25) is 0 Å². The Hall–Kier alpha value is -1.92. The standard InChI is InChI=1S/C17H19N3O2S/c1-12-2-4-14(5-3-12)23-16-7-6-15(19-20-16)17(21)18-13-8-10-22-11-9-13/h2-7,13H,8-11H2,1H3,(H,18,21). The quantitative estimate of drug-likeness (QED) is 0.934. The number of aromatic nitrogens is 2. The number of aryl methyl sites for hydroxylation is 1. The highest BCUT2D eigenvalue weighted by Gasteiger charge is 2.18. The summed E-state index contributed by atoms with van der Waals surface area (Å²) in [6.45, 7) is 3.45. The van der Waals surface area contributed by atoms with Crippen LogP contribution in [0.4, 0.5) is 0 Å². The van der Waals surface area contributed by atoms with Gasteiger partial charge >= 0.3 is 0 Å². The van der Waals surface area contributed by atoms with E-state index in [2.05, 4.69) is 34.6 Å². The van der Waals surface area contributed by atoms with Crippen molar-refractivity contribution in [1.82, 2.24) is 15.5 Å². The van der Waals surface area contributed by atoms with E-state index in [9.17, 15) is 4.79 Å². The molecule has 0 spiro atoms. The van der Waals surface area contributed by atoms with Crippen LogP contribution in [0, 0.1) is 6.92 Å². The largest absolute Gasteiger partial charge is 0.381 e. The van der Waals surface area contributed by atoms with Gasteiger partial charge in [-0.3, -0.25) is 4.79 Å². The SMILES string of the molecule is Cc1ccc(Sc2ccc(C(=O)NC3CCOCC3)nn2)cc1. The Morgan fingerprint density at radius 2 is 1.87 bits per heavy atom. The van der Waals surface area contributed by atoms with Crippen LogP contribution in [0.1, 0.15) is 28.9 Å². The molecule has 1 amide bonds. The number of nitrogens with zero attached hydrogens (tertiary/aromatic N) is 2. The third-order valence-corrected chi connectivity index (χ3v) is 4.61. The second-order valence-electron chi connectivity index (χ2n) is 5.53. The average Bonchev–Trinajstić information content (AvgIpc) is 2.58. The van der Waals surface area contributed by atoms with E-state index in [1.54, 1.807) is 6.07 Å². The first-order chi connectivity index (χ1) is 11.2. The van der Waals surface area contributed by atoms with Crippen molar-refractivity contribution in [3.8, 4) is 0 Å². The first kappa shape index (κ1) is 16.0. The van der Waals surface area contributed by atoms with Crippen molar-refractivity contribution in [2.75, 3.05) is 13.2 Å². The molecule has 1 saturated heterocycles. The Labute approximate surface area is 139 Å². The number of rotatable bonds is 4. The third-order valence-electron chi connectivity index (χ3n) is 3.67. The summed E-state index contributed by atoms with van der Waals surface area (Å²) in [7, 11) is 0. The van der Waals surface area contributed by atoms with Gasteiger partial charge in [-0.15, -0.1) is 10.2 Å². The molecule has 3 rings (SSSR count). The molecule has 5 nitrogen and oxygen atoms in total. The van der Waals surface area contributed by atoms with E-state index < -0.39 is 0 Å². The molecular weight excluding hydrogens is 310 g/mol. The van der Waals surface area contributed by atoms with E-state index in [4.69, 9.17) is 4.74 Å². The van der Waals surface area contributed by atoms with Gasteiger partial charge in [0.1, 0.15) is 5.03 Å². The van der Waals surface area contributed by atoms with E-state index >= 15 is 0 Å². The molecule has 1 aromatic heterocycles. The summed E-state index contributed by atoms with van der Waals surface area (Å²) in [5.41, 5.74) is 1.57. The highest BCUT2D eigenvalue weighted by atomic mass is 32.2. The molecule has 23 heavy (non-hydrogen) atoms. The molecule has 0 bridgehead atoms. The predicted octanol–water partition coefficient (Wildman–Crippen LogP) is 2.85. The number of carbonyl (C=O) groups excluding carboxylic acids is 1. The molecule has 0 saturated carbocycles. The number of hydrogen-bond donors (Lipinski definition) is 1. The van der Waals surface area contributed by atoms with Crippen molar-refractivity contribution in [2.24, 2.45) is 0 Å². The zero-order valence-electron chi connectivity index (χ0n) is 13.0. The maximum absolute atomic E-state index is 12.2. The van der Waals surface area contributed by atoms with Crippen LogP contribution in [0.15, 0.2) is 46.3 Å². The Morgan fingerprint density at radius 1 is 1.13 bits per heavy atom. The highest BCUT2D eigenvalue weighted by Crippen LogP contribution is 2.25. The zero-order chi connectivity index (χ0) is 16.1. The molecule has 2 aromatic rings. The topological polar surface area (TPSA) is 64.1 Å². The lowest BCUT2D eigenvalue weighted by Crippen LogP contribution is -2.39. The lowest BCUT2D eigenvalue weighted by atomic mass is 10.1. The molecule has 1 aliphatic rings. The van der Waals surface area contributed by atoms with Crippen molar-refractivity contribution >= 4 is 17.7 Å². The molecule has 0 radical (unpaired) electrons. The fraction of sp³-hybridized carbons (Fsp3) is 0.353. The Balaban J connectivity index is 1.59. The molecule has 1 aromatic carbocycles. The molecule has 0 unspecified atom stereocenters. The summed E-state index contributed by atoms with van der Waals surface area (Å²) >= 11 is 1.53. The van der Waals surface area contributed by atoms with Crippen LogP contribution in [0.25, 0.3) is 0 Å². The maximum atomic E-state index is 12.2. The highest BCUT2D eigenvalue weighted by molar-refractivity contribution is 7.99. The Morgan fingerprint density at radius 3 is 2.52 bits per heavy atom. The molecule has 1 fully saturated rings. The van der Waals surface area contributed by atoms with Gasteiger partial charge in [0.2, 0.25) is 0 Å². The lowest BCUT2D eigenvalue weighted by Gasteiger charge is -2.22. The molecule has 2 heterocycles. The number of carbonyl (C=O) groups is 1. The van der Waals surface area contributed by atoms with E-state index in [1.807, 2.05) is 18.2 Å². The van der Waals surface area contributed by atoms with Gasteiger partial charge in [0, 0.05) is 24.2 Å².